The number of aliphatic carboxylic acids is 1. The van der Waals surface area contributed by atoms with Gasteiger partial charge in [-0.05, 0) is 36.8 Å². The maximum atomic E-state index is 12.6. The average molecular weight is 625 g/mol. The van der Waals surface area contributed by atoms with Crippen molar-refractivity contribution in [2.24, 2.45) is 5.92 Å². The number of carboxylic acid groups (broad SMARTS) is 1. The van der Waals surface area contributed by atoms with Crippen LogP contribution in [0.1, 0.15) is 60.0 Å². The lowest BCUT2D eigenvalue weighted by Gasteiger charge is -2.17. The third-order valence-corrected chi connectivity index (χ3v) is 8.45. The van der Waals surface area contributed by atoms with Crippen molar-refractivity contribution in [2.45, 2.75) is 57.3 Å². The quantitative estimate of drug-likeness (QED) is 0.161. The van der Waals surface area contributed by atoms with Gasteiger partial charge in [0.25, 0.3) is 0 Å². The number of allylic oxidation sites excluding steroid dienone is 3. The van der Waals surface area contributed by atoms with Gasteiger partial charge in [-0.2, -0.15) is 0 Å². The zero-order valence-corrected chi connectivity index (χ0v) is 25.2. The number of hydrogen-bond donors (Lipinski definition) is 3. The molecule has 0 aliphatic heterocycles. The monoisotopic (exact) mass is 624 g/mol. The number of aromatic nitrogens is 4. The molecule has 14 heteroatoms. The standard InChI is InChI=1S/C29H32N6O6S2/c1-41-27(40)21(19-12-6-3-7-13-19)17-23(37)31-29-35-33-25(43-29)15-9-8-14-24-32-34-28(42-24)30-22(36)16-20(26(38)39)18-10-4-2-5-11-18/h2,4-6,10-13,20-21H,3,7-9,14-17H2,1H3,(H,38,39)(H,30,34,36)(H,31,35,37). The second kappa shape index (κ2) is 15.8. The first-order valence-corrected chi connectivity index (χ1v) is 15.4. The van der Waals surface area contributed by atoms with Gasteiger partial charge in [0.05, 0.1) is 18.9 Å². The first-order valence-electron chi connectivity index (χ1n) is 13.8. The van der Waals surface area contributed by atoms with E-state index in [1.165, 1.54) is 29.8 Å². The van der Waals surface area contributed by atoms with Crippen molar-refractivity contribution in [3.63, 3.8) is 0 Å². The minimum Gasteiger partial charge on any atom is -0.481 e. The van der Waals surface area contributed by atoms with Gasteiger partial charge in [-0.1, -0.05) is 71.2 Å². The van der Waals surface area contributed by atoms with Gasteiger partial charge >= 0.3 is 11.9 Å². The third kappa shape index (κ3) is 9.61. The Hall–Kier alpha value is -4.30. The second-order valence-electron chi connectivity index (χ2n) is 9.77. The van der Waals surface area contributed by atoms with E-state index in [0.29, 0.717) is 28.7 Å². The zero-order chi connectivity index (χ0) is 30.6. The van der Waals surface area contributed by atoms with E-state index in [-0.39, 0.29) is 18.7 Å². The molecular weight excluding hydrogens is 592 g/mol. The van der Waals surface area contributed by atoms with Crippen LogP contribution in [-0.2, 0) is 36.8 Å². The summed E-state index contributed by atoms with van der Waals surface area (Å²) < 4.78 is 4.90. The lowest BCUT2D eigenvalue weighted by molar-refractivity contribution is -0.145. The minimum atomic E-state index is -1.07. The molecule has 1 aliphatic rings. The van der Waals surface area contributed by atoms with Crippen LogP contribution in [0.4, 0.5) is 10.3 Å². The Kier molecular flexibility index (Phi) is 11.6. The van der Waals surface area contributed by atoms with Crippen LogP contribution < -0.4 is 10.6 Å². The Morgan fingerprint density at radius 2 is 1.44 bits per heavy atom. The van der Waals surface area contributed by atoms with Gasteiger partial charge in [0, 0.05) is 25.7 Å². The summed E-state index contributed by atoms with van der Waals surface area (Å²) >= 11 is 2.54. The highest BCUT2D eigenvalue weighted by Gasteiger charge is 2.27. The number of unbranched alkanes of at least 4 members (excludes halogenated alkanes) is 1. The highest BCUT2D eigenvalue weighted by molar-refractivity contribution is 7.15. The number of anilines is 2. The number of aryl methyl sites for hydroxylation is 2. The number of amides is 2. The van der Waals surface area contributed by atoms with E-state index < -0.39 is 29.7 Å². The van der Waals surface area contributed by atoms with Crippen LogP contribution in [-0.4, -0.2) is 56.4 Å². The summed E-state index contributed by atoms with van der Waals surface area (Å²) in [6, 6.07) is 8.63. The van der Waals surface area contributed by atoms with E-state index in [0.717, 1.165) is 41.3 Å². The highest BCUT2D eigenvalue weighted by atomic mass is 32.1. The predicted molar refractivity (Wildman–Crippen MR) is 162 cm³/mol. The number of methoxy groups -OCH3 is 1. The number of carbonyl (C=O) groups excluding carboxylic acids is 3. The summed E-state index contributed by atoms with van der Waals surface area (Å²) in [5.74, 6) is -3.92. The van der Waals surface area contributed by atoms with Crippen molar-refractivity contribution in [3.05, 3.63) is 69.7 Å². The van der Waals surface area contributed by atoms with Crippen LogP contribution >= 0.6 is 22.7 Å². The third-order valence-electron chi connectivity index (χ3n) is 6.65. The summed E-state index contributed by atoms with van der Waals surface area (Å²) in [6.45, 7) is 0. The van der Waals surface area contributed by atoms with Gasteiger partial charge < -0.3 is 20.5 Å². The number of nitrogens with one attached hydrogen (secondary N) is 2. The van der Waals surface area contributed by atoms with Crippen LogP contribution in [0.15, 0.2) is 54.1 Å². The summed E-state index contributed by atoms with van der Waals surface area (Å²) in [5.41, 5.74) is 1.34. The molecule has 2 heterocycles. The summed E-state index contributed by atoms with van der Waals surface area (Å²) in [7, 11) is 1.31. The molecule has 2 aromatic heterocycles. The maximum Gasteiger partial charge on any atom is 0.313 e. The fourth-order valence-electron chi connectivity index (χ4n) is 4.48. The van der Waals surface area contributed by atoms with E-state index in [1.54, 1.807) is 30.3 Å². The van der Waals surface area contributed by atoms with Crippen molar-refractivity contribution >= 4 is 56.7 Å². The predicted octanol–water partition coefficient (Wildman–Crippen LogP) is 4.55. The Labute approximate surface area is 256 Å². The number of carboxylic acids is 1. The van der Waals surface area contributed by atoms with Gasteiger partial charge in [0.1, 0.15) is 10.0 Å². The molecule has 1 aromatic carbocycles. The second-order valence-corrected chi connectivity index (χ2v) is 11.9. The van der Waals surface area contributed by atoms with Crippen LogP contribution in [0.3, 0.4) is 0 Å². The summed E-state index contributed by atoms with van der Waals surface area (Å²) in [5, 5.41) is 33.5. The Morgan fingerprint density at radius 3 is 1.95 bits per heavy atom. The molecule has 226 valence electrons. The maximum absolute atomic E-state index is 12.6. The molecule has 0 bridgehead atoms. The Balaban J connectivity index is 1.18. The van der Waals surface area contributed by atoms with Gasteiger partial charge in [-0.15, -0.1) is 20.4 Å². The van der Waals surface area contributed by atoms with Crippen LogP contribution in [0.5, 0.6) is 0 Å². The van der Waals surface area contributed by atoms with Gasteiger partial charge in [0.2, 0.25) is 22.1 Å². The molecule has 3 aromatic rings. The first-order chi connectivity index (χ1) is 20.8. The van der Waals surface area contributed by atoms with Crippen molar-refractivity contribution in [1.29, 1.82) is 0 Å². The molecule has 0 saturated heterocycles. The highest BCUT2D eigenvalue weighted by Crippen LogP contribution is 2.25. The molecule has 2 unspecified atom stereocenters. The van der Waals surface area contributed by atoms with E-state index in [4.69, 9.17) is 4.74 Å². The smallest absolute Gasteiger partial charge is 0.313 e. The molecule has 2 atom stereocenters. The van der Waals surface area contributed by atoms with Crippen LogP contribution in [0, 0.1) is 5.92 Å². The molecule has 0 saturated carbocycles. The minimum absolute atomic E-state index is 0.0464. The number of hydrogen-bond acceptors (Lipinski definition) is 11. The normalized spacial score (nSPS) is 13.9. The van der Waals surface area contributed by atoms with Crippen molar-refractivity contribution in [3.8, 4) is 0 Å². The molecule has 12 nitrogen and oxygen atoms in total. The zero-order valence-electron chi connectivity index (χ0n) is 23.5. The summed E-state index contributed by atoms with van der Waals surface area (Å²) in [6.07, 6.45) is 10.2. The molecule has 1 aliphatic carbocycles. The fourth-order valence-corrected chi connectivity index (χ4v) is 6.07. The molecule has 0 radical (unpaired) electrons. The number of benzene rings is 1. The molecular formula is C29H32N6O6S2. The summed E-state index contributed by atoms with van der Waals surface area (Å²) in [4.78, 5) is 49.0. The number of esters is 1. The lowest BCUT2D eigenvalue weighted by Crippen LogP contribution is -2.25. The number of ether oxygens (including phenoxy) is 1. The Bertz CT molecular complexity index is 1490. The molecule has 0 fully saturated rings. The molecule has 2 amide bonds. The van der Waals surface area contributed by atoms with E-state index in [9.17, 15) is 24.3 Å². The number of rotatable bonds is 15. The van der Waals surface area contributed by atoms with Crippen LogP contribution in [0.25, 0.3) is 0 Å². The molecule has 3 N–H and O–H groups in total. The van der Waals surface area contributed by atoms with E-state index in [2.05, 4.69) is 31.0 Å². The topological polar surface area (TPSA) is 173 Å². The van der Waals surface area contributed by atoms with Gasteiger partial charge in [-0.25, -0.2) is 0 Å². The lowest BCUT2D eigenvalue weighted by atomic mass is 9.91. The van der Waals surface area contributed by atoms with Crippen molar-refractivity contribution < 1.29 is 29.0 Å². The first kappa shape index (κ1) is 31.6. The van der Waals surface area contributed by atoms with Gasteiger partial charge in [-0.3, -0.25) is 19.2 Å². The van der Waals surface area contributed by atoms with Gasteiger partial charge in [0.15, 0.2) is 0 Å². The van der Waals surface area contributed by atoms with Crippen LogP contribution in [0.2, 0.25) is 0 Å². The largest absolute Gasteiger partial charge is 0.481 e. The fraction of sp³-hybridized carbons (Fsp3) is 0.379. The van der Waals surface area contributed by atoms with Crippen molar-refractivity contribution in [2.75, 3.05) is 17.7 Å². The molecule has 0 spiro atoms. The number of nitrogens with zero attached hydrogens (tertiary/aromatic N) is 4. The van der Waals surface area contributed by atoms with E-state index >= 15 is 0 Å². The Morgan fingerprint density at radius 1 is 0.860 bits per heavy atom. The average Bonchev–Trinajstić information content (AvgIpc) is 3.66. The SMILES string of the molecule is COC(=O)C(CC(=O)Nc1nnc(CCCCc2nnc(NC(=O)CC(C(=O)O)c3ccccc3)s2)s1)C1=CCCC=C1. The number of carbonyl (C=O) groups is 4. The van der Waals surface area contributed by atoms with Crippen molar-refractivity contribution in [1.82, 2.24) is 20.4 Å². The molecule has 43 heavy (non-hydrogen) atoms. The molecule has 4 rings (SSSR count). The van der Waals surface area contributed by atoms with E-state index in [1.807, 2.05) is 18.2 Å².